The first-order valence-corrected chi connectivity index (χ1v) is 12.5. The van der Waals surface area contributed by atoms with E-state index in [1.165, 1.54) is 13.3 Å². The number of piperidine rings is 1. The predicted octanol–water partition coefficient (Wildman–Crippen LogP) is 3.00. The minimum Gasteiger partial charge on any atom is -0.481 e. The summed E-state index contributed by atoms with van der Waals surface area (Å²) in [5, 5.41) is 5.12. The van der Waals surface area contributed by atoms with E-state index in [0.29, 0.717) is 59.7 Å². The molecule has 0 radical (unpaired) electrons. The van der Waals surface area contributed by atoms with Crippen molar-refractivity contribution < 1.29 is 14.3 Å². The second-order valence-electron chi connectivity index (χ2n) is 9.78. The maximum atomic E-state index is 13.5. The Balaban J connectivity index is 1.17. The molecule has 0 saturated carbocycles. The average molecular weight is 521 g/mol. The van der Waals surface area contributed by atoms with E-state index >= 15 is 0 Å². The number of hydrogen-bond donors (Lipinski definition) is 1. The Morgan fingerprint density at radius 2 is 1.78 bits per heavy atom. The summed E-state index contributed by atoms with van der Waals surface area (Å²) in [6.45, 7) is 2.43. The number of halogens is 1. The molecule has 0 atom stereocenters. The number of ether oxygens (including phenoxy) is 1. The van der Waals surface area contributed by atoms with Crippen LogP contribution in [-0.4, -0.2) is 74.5 Å². The molecule has 0 bridgehead atoms. The zero-order valence-electron chi connectivity index (χ0n) is 20.2. The molecule has 6 rings (SSSR count). The SMILES string of the molecule is COc1cc(C(=O)N2CCC3(CC2)CCN(C(=O)c2cnn4c2[nH]c(=O)c2ccccc24)C3)cc(Cl)n1. The first-order valence-electron chi connectivity index (χ1n) is 12.2. The van der Waals surface area contributed by atoms with Gasteiger partial charge in [0.25, 0.3) is 17.4 Å². The lowest BCUT2D eigenvalue weighted by Crippen LogP contribution is -2.44. The summed E-state index contributed by atoms with van der Waals surface area (Å²) in [4.78, 5) is 49.7. The molecule has 3 aromatic heterocycles. The lowest BCUT2D eigenvalue weighted by atomic mass is 9.77. The number of nitrogens with zero attached hydrogens (tertiary/aromatic N) is 5. The van der Waals surface area contributed by atoms with E-state index in [-0.39, 0.29) is 27.9 Å². The highest BCUT2D eigenvalue weighted by molar-refractivity contribution is 6.29. The van der Waals surface area contributed by atoms with Gasteiger partial charge in [0.1, 0.15) is 16.4 Å². The van der Waals surface area contributed by atoms with Crippen LogP contribution in [0.3, 0.4) is 0 Å². The molecule has 2 amide bonds. The Kier molecular flexibility index (Phi) is 5.63. The summed E-state index contributed by atoms with van der Waals surface area (Å²) < 4.78 is 6.75. The van der Waals surface area contributed by atoms with Gasteiger partial charge in [-0.1, -0.05) is 23.7 Å². The molecule has 2 aliphatic heterocycles. The molecule has 2 aliphatic rings. The van der Waals surface area contributed by atoms with Crippen LogP contribution < -0.4 is 10.3 Å². The van der Waals surface area contributed by atoms with E-state index in [1.807, 2.05) is 21.9 Å². The normalized spacial score (nSPS) is 17.1. The molecule has 0 unspecified atom stereocenters. The van der Waals surface area contributed by atoms with E-state index in [1.54, 1.807) is 28.8 Å². The zero-order valence-corrected chi connectivity index (χ0v) is 21.0. The number of H-pyrrole nitrogens is 1. The van der Waals surface area contributed by atoms with Crippen molar-refractivity contribution in [1.82, 2.24) is 29.4 Å². The second-order valence-corrected chi connectivity index (χ2v) is 10.2. The van der Waals surface area contributed by atoms with Crippen LogP contribution in [0.25, 0.3) is 16.6 Å². The number of amides is 2. The Morgan fingerprint density at radius 3 is 2.54 bits per heavy atom. The van der Waals surface area contributed by atoms with Gasteiger partial charge in [0.15, 0.2) is 0 Å². The number of hydrogen-bond acceptors (Lipinski definition) is 6. The van der Waals surface area contributed by atoms with Crippen molar-refractivity contribution in [3.05, 3.63) is 69.2 Å². The fraction of sp³-hybridized carbons (Fsp3) is 0.346. The van der Waals surface area contributed by atoms with Crippen molar-refractivity contribution in [3.63, 3.8) is 0 Å². The maximum Gasteiger partial charge on any atom is 0.259 e. The highest BCUT2D eigenvalue weighted by atomic mass is 35.5. The van der Waals surface area contributed by atoms with Gasteiger partial charge in [-0.25, -0.2) is 9.50 Å². The number of aromatic nitrogens is 4. The molecule has 0 aliphatic carbocycles. The molecule has 2 fully saturated rings. The highest BCUT2D eigenvalue weighted by Gasteiger charge is 2.43. The Hall–Kier alpha value is -3.92. The Bertz CT molecular complexity index is 1600. The topological polar surface area (TPSA) is 113 Å². The first-order chi connectivity index (χ1) is 17.9. The molecule has 190 valence electrons. The average Bonchev–Trinajstić information content (AvgIpc) is 3.53. The van der Waals surface area contributed by atoms with Crippen molar-refractivity contribution in [1.29, 1.82) is 0 Å². The molecule has 1 aromatic carbocycles. The molecular weight excluding hydrogens is 496 g/mol. The standard InChI is InChI=1S/C26H25ClN6O4/c1-37-21-13-16(12-20(27)29-21)24(35)31-9-6-26(7-10-31)8-11-32(15-26)25(36)18-14-28-33-19-5-3-2-4-17(19)23(34)30-22(18)33/h2-5,12-14H,6-11,15H2,1H3,(H,30,34). The fourth-order valence-electron chi connectivity index (χ4n) is 5.59. The van der Waals surface area contributed by atoms with Gasteiger partial charge in [-0.05, 0) is 42.9 Å². The smallest absolute Gasteiger partial charge is 0.259 e. The number of likely N-dealkylation sites (tertiary alicyclic amines) is 2. The second kappa shape index (κ2) is 8.88. The number of carbonyl (C=O) groups excluding carboxylic acids is 2. The number of rotatable bonds is 3. The monoisotopic (exact) mass is 520 g/mol. The van der Waals surface area contributed by atoms with Gasteiger partial charge in [-0.2, -0.15) is 5.10 Å². The summed E-state index contributed by atoms with van der Waals surface area (Å²) in [6.07, 6.45) is 4.00. The van der Waals surface area contributed by atoms with Crippen molar-refractivity contribution >= 4 is 40.0 Å². The number of benzene rings is 1. The van der Waals surface area contributed by atoms with E-state index in [4.69, 9.17) is 16.3 Å². The van der Waals surface area contributed by atoms with Gasteiger partial charge in [0, 0.05) is 37.8 Å². The van der Waals surface area contributed by atoms with Crippen LogP contribution in [0.5, 0.6) is 5.88 Å². The van der Waals surface area contributed by atoms with Crippen LogP contribution in [0.15, 0.2) is 47.4 Å². The van der Waals surface area contributed by atoms with Crippen molar-refractivity contribution in [3.8, 4) is 5.88 Å². The van der Waals surface area contributed by atoms with E-state index < -0.39 is 0 Å². The maximum absolute atomic E-state index is 13.5. The molecule has 5 heterocycles. The van der Waals surface area contributed by atoms with Gasteiger partial charge in [-0.3, -0.25) is 14.4 Å². The number of nitrogens with one attached hydrogen (secondary N) is 1. The third-order valence-corrected chi connectivity index (χ3v) is 7.87. The molecule has 2 saturated heterocycles. The lowest BCUT2D eigenvalue weighted by Gasteiger charge is -2.39. The molecule has 1 N–H and O–H groups in total. The minimum atomic E-state index is -0.249. The minimum absolute atomic E-state index is 0.0386. The lowest BCUT2D eigenvalue weighted by molar-refractivity contribution is 0.0565. The van der Waals surface area contributed by atoms with Crippen LogP contribution in [0, 0.1) is 5.41 Å². The van der Waals surface area contributed by atoms with Crippen LogP contribution in [-0.2, 0) is 0 Å². The quantitative estimate of drug-likeness (QED) is 0.415. The molecule has 1 spiro atoms. The van der Waals surface area contributed by atoms with E-state index in [0.717, 1.165) is 19.3 Å². The summed E-state index contributed by atoms with van der Waals surface area (Å²) in [6, 6.07) is 10.3. The van der Waals surface area contributed by atoms with Crippen molar-refractivity contribution in [2.75, 3.05) is 33.3 Å². The molecule has 10 nitrogen and oxygen atoms in total. The van der Waals surface area contributed by atoms with Gasteiger partial charge >= 0.3 is 0 Å². The number of pyridine rings is 1. The largest absolute Gasteiger partial charge is 0.481 e. The first kappa shape index (κ1) is 23.5. The predicted molar refractivity (Wildman–Crippen MR) is 137 cm³/mol. The van der Waals surface area contributed by atoms with Crippen molar-refractivity contribution in [2.45, 2.75) is 19.3 Å². The van der Waals surface area contributed by atoms with Gasteiger partial charge in [0.05, 0.1) is 24.2 Å². The molecule has 11 heteroatoms. The fourth-order valence-corrected chi connectivity index (χ4v) is 5.79. The molecular formula is C26H25ClN6O4. The van der Waals surface area contributed by atoms with Gasteiger partial charge < -0.3 is 19.5 Å². The summed E-state index contributed by atoms with van der Waals surface area (Å²) in [5.74, 6) is 0.0528. The van der Waals surface area contributed by atoms with Crippen molar-refractivity contribution in [2.24, 2.45) is 5.41 Å². The highest BCUT2D eigenvalue weighted by Crippen LogP contribution is 2.41. The number of methoxy groups -OCH3 is 1. The number of carbonyl (C=O) groups is 2. The van der Waals surface area contributed by atoms with Gasteiger partial charge in [-0.15, -0.1) is 0 Å². The summed E-state index contributed by atoms with van der Waals surface area (Å²) in [7, 11) is 1.48. The zero-order chi connectivity index (χ0) is 25.7. The van der Waals surface area contributed by atoms with Crippen LogP contribution in [0.1, 0.15) is 40.0 Å². The number of aromatic amines is 1. The Morgan fingerprint density at radius 1 is 1.05 bits per heavy atom. The Labute approximate surface area is 216 Å². The number of fused-ring (bicyclic) bond motifs is 3. The third kappa shape index (κ3) is 4.01. The number of para-hydroxylation sites is 1. The summed E-state index contributed by atoms with van der Waals surface area (Å²) >= 11 is 6.05. The van der Waals surface area contributed by atoms with Gasteiger partial charge in [0.2, 0.25) is 5.88 Å². The van der Waals surface area contributed by atoms with Crippen LogP contribution in [0.4, 0.5) is 0 Å². The third-order valence-electron chi connectivity index (χ3n) is 7.67. The molecule has 4 aromatic rings. The van der Waals surface area contributed by atoms with E-state index in [2.05, 4.69) is 15.1 Å². The molecule has 37 heavy (non-hydrogen) atoms. The summed E-state index contributed by atoms with van der Waals surface area (Å²) in [5.41, 5.74) is 1.61. The van der Waals surface area contributed by atoms with E-state index in [9.17, 15) is 14.4 Å². The van der Waals surface area contributed by atoms with Crippen LogP contribution in [0.2, 0.25) is 5.15 Å². The van der Waals surface area contributed by atoms with Crippen LogP contribution >= 0.6 is 11.6 Å².